The Morgan fingerprint density at radius 2 is 2.09 bits per heavy atom. The highest BCUT2D eigenvalue weighted by atomic mass is 35.5. The number of benzene rings is 1. The van der Waals surface area contributed by atoms with Crippen molar-refractivity contribution in [3.8, 4) is 0 Å². The number of amides is 1. The summed E-state index contributed by atoms with van der Waals surface area (Å²) in [6, 6.07) is 4.23. The maximum Gasteiger partial charge on any atom is 0.332 e. The predicted octanol–water partition coefficient (Wildman–Crippen LogP) is 1.68. The molecule has 23 heavy (non-hydrogen) atoms. The van der Waals surface area contributed by atoms with Crippen LogP contribution in [0.1, 0.15) is 32.7 Å². The van der Waals surface area contributed by atoms with E-state index in [1.165, 1.54) is 4.57 Å². The Hall–Kier alpha value is -2.08. The Balaban J connectivity index is 2.24. The highest BCUT2D eigenvalue weighted by Crippen LogP contribution is 2.22. The topological polar surface area (TPSA) is 73.1 Å². The molecule has 3 rings (SSSR count). The lowest BCUT2D eigenvalue weighted by molar-refractivity contribution is -0.124. The molecule has 1 aliphatic rings. The smallest absolute Gasteiger partial charge is 0.332 e. The van der Waals surface area contributed by atoms with Crippen molar-refractivity contribution >= 4 is 28.4 Å². The van der Waals surface area contributed by atoms with Crippen molar-refractivity contribution in [3.63, 3.8) is 0 Å². The molecule has 1 aromatic heterocycles. The van der Waals surface area contributed by atoms with Crippen LogP contribution >= 0.6 is 11.6 Å². The molecule has 0 saturated heterocycles. The summed E-state index contributed by atoms with van der Waals surface area (Å²) in [7, 11) is 0. The van der Waals surface area contributed by atoms with Gasteiger partial charge < -0.3 is 5.32 Å². The minimum absolute atomic E-state index is 0.201. The van der Waals surface area contributed by atoms with E-state index in [0.29, 0.717) is 15.9 Å². The zero-order valence-electron chi connectivity index (χ0n) is 13.0. The number of carbonyl (C=O) groups is 1. The van der Waals surface area contributed by atoms with Gasteiger partial charge in [0.2, 0.25) is 5.91 Å². The fraction of sp³-hybridized carbons (Fsp3) is 0.438. The molecule has 0 bridgehead atoms. The van der Waals surface area contributed by atoms with Crippen LogP contribution < -0.4 is 16.6 Å². The van der Waals surface area contributed by atoms with Gasteiger partial charge in [0.25, 0.3) is 5.56 Å². The Kier molecular flexibility index (Phi) is 4.02. The summed E-state index contributed by atoms with van der Waals surface area (Å²) in [5.74, 6) is -0.225. The minimum Gasteiger partial charge on any atom is -0.352 e. The molecule has 1 aliphatic carbocycles. The van der Waals surface area contributed by atoms with Crippen molar-refractivity contribution in [3.05, 3.63) is 44.1 Å². The van der Waals surface area contributed by atoms with Crippen molar-refractivity contribution in [2.45, 2.75) is 45.3 Å². The monoisotopic (exact) mass is 335 g/mol. The van der Waals surface area contributed by atoms with Gasteiger partial charge in [0, 0.05) is 17.6 Å². The average molecular weight is 336 g/mol. The summed E-state index contributed by atoms with van der Waals surface area (Å²) in [4.78, 5) is 37.5. The number of hydrogen-bond acceptors (Lipinski definition) is 3. The van der Waals surface area contributed by atoms with E-state index in [1.807, 2.05) is 0 Å². The molecular formula is C16H18ClN3O3. The van der Waals surface area contributed by atoms with Gasteiger partial charge in [-0.25, -0.2) is 4.79 Å². The van der Waals surface area contributed by atoms with E-state index in [1.54, 1.807) is 32.0 Å². The van der Waals surface area contributed by atoms with E-state index in [-0.39, 0.29) is 24.1 Å². The number of hydrogen-bond donors (Lipinski definition) is 1. The Morgan fingerprint density at radius 1 is 1.39 bits per heavy atom. The number of fused-ring (bicyclic) bond motifs is 1. The molecule has 0 aliphatic heterocycles. The molecule has 1 N–H and O–H groups in total. The van der Waals surface area contributed by atoms with Crippen molar-refractivity contribution in [2.24, 2.45) is 0 Å². The highest BCUT2D eigenvalue weighted by Gasteiger charge is 2.28. The van der Waals surface area contributed by atoms with E-state index in [0.717, 1.165) is 17.4 Å². The van der Waals surface area contributed by atoms with Crippen LogP contribution in [0.3, 0.4) is 0 Å². The second kappa shape index (κ2) is 5.85. The second-order valence-electron chi connectivity index (χ2n) is 5.82. The van der Waals surface area contributed by atoms with Crippen molar-refractivity contribution in [1.29, 1.82) is 0 Å². The standard InChI is InChI=1S/C16H18ClN3O3/c1-3-19-15(22)12-7-4-10(17)8-13(12)20(16(19)23)9(2)14(21)18-11-5-6-11/h4,7-9,11H,3,5-6H2,1-2H3,(H,18,21)/t9-/m0/s1. The van der Waals surface area contributed by atoms with Crippen molar-refractivity contribution in [1.82, 2.24) is 14.5 Å². The fourth-order valence-corrected chi connectivity index (χ4v) is 2.84. The molecule has 1 fully saturated rings. The van der Waals surface area contributed by atoms with Gasteiger partial charge in [0.15, 0.2) is 0 Å². The zero-order chi connectivity index (χ0) is 16.7. The zero-order valence-corrected chi connectivity index (χ0v) is 13.8. The van der Waals surface area contributed by atoms with Crippen LogP contribution in [0.25, 0.3) is 10.9 Å². The van der Waals surface area contributed by atoms with Gasteiger partial charge in [-0.2, -0.15) is 0 Å². The predicted molar refractivity (Wildman–Crippen MR) is 89.0 cm³/mol. The molecular weight excluding hydrogens is 318 g/mol. The van der Waals surface area contributed by atoms with Crippen LogP contribution in [0.5, 0.6) is 0 Å². The summed E-state index contributed by atoms with van der Waals surface area (Å²) in [5.41, 5.74) is -0.475. The summed E-state index contributed by atoms with van der Waals surface area (Å²) in [5, 5.41) is 3.68. The van der Waals surface area contributed by atoms with Crippen molar-refractivity contribution < 1.29 is 4.79 Å². The number of nitrogens with one attached hydrogen (secondary N) is 1. The Labute approximate surface area is 137 Å². The number of rotatable bonds is 4. The average Bonchev–Trinajstić information content (AvgIpc) is 3.31. The lowest BCUT2D eigenvalue weighted by Crippen LogP contribution is -2.44. The first-order chi connectivity index (χ1) is 10.9. The van der Waals surface area contributed by atoms with E-state index < -0.39 is 11.7 Å². The van der Waals surface area contributed by atoms with Crippen LogP contribution in [0.15, 0.2) is 27.8 Å². The van der Waals surface area contributed by atoms with Crippen LogP contribution in [-0.4, -0.2) is 21.1 Å². The first-order valence-electron chi connectivity index (χ1n) is 7.69. The third-order valence-electron chi connectivity index (χ3n) is 4.14. The third kappa shape index (κ3) is 2.79. The second-order valence-corrected chi connectivity index (χ2v) is 6.26. The van der Waals surface area contributed by atoms with Crippen LogP contribution in [0.2, 0.25) is 5.02 Å². The fourth-order valence-electron chi connectivity index (χ4n) is 2.67. The summed E-state index contributed by atoms with van der Waals surface area (Å²) < 4.78 is 2.49. The Morgan fingerprint density at radius 3 is 2.70 bits per heavy atom. The van der Waals surface area contributed by atoms with E-state index in [4.69, 9.17) is 11.6 Å². The number of halogens is 1. The summed E-state index contributed by atoms with van der Waals surface area (Å²) >= 11 is 6.02. The number of carbonyl (C=O) groups excluding carboxylic acids is 1. The molecule has 1 saturated carbocycles. The van der Waals surface area contributed by atoms with Gasteiger partial charge in [-0.3, -0.25) is 18.7 Å². The molecule has 1 heterocycles. The van der Waals surface area contributed by atoms with Crippen LogP contribution in [0, 0.1) is 0 Å². The van der Waals surface area contributed by atoms with Gasteiger partial charge >= 0.3 is 5.69 Å². The summed E-state index contributed by atoms with van der Waals surface area (Å²) in [6.07, 6.45) is 1.93. The third-order valence-corrected chi connectivity index (χ3v) is 4.37. The van der Waals surface area contributed by atoms with E-state index in [9.17, 15) is 14.4 Å². The van der Waals surface area contributed by atoms with Crippen LogP contribution in [-0.2, 0) is 11.3 Å². The van der Waals surface area contributed by atoms with Crippen LogP contribution in [0.4, 0.5) is 0 Å². The highest BCUT2D eigenvalue weighted by molar-refractivity contribution is 6.31. The molecule has 0 unspecified atom stereocenters. The molecule has 1 aromatic carbocycles. The van der Waals surface area contributed by atoms with Gasteiger partial charge in [-0.1, -0.05) is 11.6 Å². The molecule has 0 spiro atoms. The van der Waals surface area contributed by atoms with Gasteiger partial charge in [-0.05, 0) is 44.9 Å². The molecule has 0 radical (unpaired) electrons. The van der Waals surface area contributed by atoms with Gasteiger partial charge in [0.1, 0.15) is 6.04 Å². The molecule has 7 heteroatoms. The first kappa shape index (κ1) is 15.8. The maximum absolute atomic E-state index is 12.7. The molecule has 1 atom stereocenters. The van der Waals surface area contributed by atoms with E-state index >= 15 is 0 Å². The molecule has 1 amide bonds. The molecule has 122 valence electrons. The SMILES string of the molecule is CCn1c(=O)c2ccc(Cl)cc2n([C@@H](C)C(=O)NC2CC2)c1=O. The number of aromatic nitrogens is 2. The normalized spacial score (nSPS) is 15.6. The lowest BCUT2D eigenvalue weighted by Gasteiger charge is -2.19. The lowest BCUT2D eigenvalue weighted by atomic mass is 10.2. The quantitative estimate of drug-likeness (QED) is 0.923. The van der Waals surface area contributed by atoms with Gasteiger partial charge in [-0.15, -0.1) is 0 Å². The van der Waals surface area contributed by atoms with E-state index in [2.05, 4.69) is 5.32 Å². The van der Waals surface area contributed by atoms with Gasteiger partial charge in [0.05, 0.1) is 10.9 Å². The van der Waals surface area contributed by atoms with Crippen molar-refractivity contribution in [2.75, 3.05) is 0 Å². The number of nitrogens with zero attached hydrogens (tertiary/aromatic N) is 2. The maximum atomic E-state index is 12.7. The molecule has 6 nitrogen and oxygen atoms in total. The minimum atomic E-state index is -0.720. The summed E-state index contributed by atoms with van der Waals surface area (Å²) in [6.45, 7) is 3.63. The Bertz CT molecular complexity index is 896. The molecule has 2 aromatic rings. The largest absolute Gasteiger partial charge is 0.352 e. The first-order valence-corrected chi connectivity index (χ1v) is 8.06.